The van der Waals surface area contributed by atoms with Crippen LogP contribution < -0.4 is 5.32 Å². The molecule has 0 saturated carbocycles. The van der Waals surface area contributed by atoms with Crippen LogP contribution in [0.15, 0.2) is 24.3 Å². The second-order valence-electron chi connectivity index (χ2n) is 15.1. The molecule has 0 spiro atoms. The van der Waals surface area contributed by atoms with E-state index >= 15 is 0 Å². The van der Waals surface area contributed by atoms with Crippen LogP contribution in [0, 0.1) is 0 Å². The highest BCUT2D eigenvalue weighted by Crippen LogP contribution is 2.32. The standard InChI is InChI=1S/C39H69NO18/c1-3-5-7-9-10-11-13-14-16-23(44)22(40-27(45)17-15-12-8-6-4-2)21-53-37-33(51)30(48)35(25(19-42)55-37)58-39-34(52)31(49)36(26(20-43)56-39)57-38-32(50)29(47)28(46)24(18-41)54-38/h9-10,14,16,22-26,28-39,41-44,46-52H,3-8,11-13,15,17-21H2,1-2H3,(H,40,45)/b10-9+,16-14+. The van der Waals surface area contributed by atoms with Gasteiger partial charge in [-0.2, -0.15) is 0 Å². The molecule has 19 heteroatoms. The molecule has 3 heterocycles. The Morgan fingerprint density at radius 3 is 1.69 bits per heavy atom. The van der Waals surface area contributed by atoms with Gasteiger partial charge in [0, 0.05) is 6.42 Å². The molecule has 338 valence electrons. The Morgan fingerprint density at radius 1 is 0.603 bits per heavy atom. The van der Waals surface area contributed by atoms with Crippen molar-refractivity contribution in [3.8, 4) is 0 Å². The molecule has 58 heavy (non-hydrogen) atoms. The number of unbranched alkanes of at least 4 members (excludes halogenated alkanes) is 7. The van der Waals surface area contributed by atoms with E-state index in [1.54, 1.807) is 12.2 Å². The third-order valence-electron chi connectivity index (χ3n) is 10.5. The largest absolute Gasteiger partial charge is 0.394 e. The van der Waals surface area contributed by atoms with E-state index in [2.05, 4.69) is 31.3 Å². The van der Waals surface area contributed by atoms with E-state index in [1.807, 2.05) is 0 Å². The predicted octanol–water partition coefficient (Wildman–Crippen LogP) is -2.26. The number of ether oxygens (including phenoxy) is 6. The second-order valence-corrected chi connectivity index (χ2v) is 15.1. The number of amides is 1. The lowest BCUT2D eigenvalue weighted by atomic mass is 9.96. The van der Waals surface area contributed by atoms with Crippen molar-refractivity contribution in [1.82, 2.24) is 5.32 Å². The van der Waals surface area contributed by atoms with Crippen LogP contribution in [0.1, 0.15) is 84.5 Å². The molecule has 17 unspecified atom stereocenters. The SMILES string of the molecule is CCCC/C=C/CC/C=C/C(O)C(COC1OC(CO)C(OC2OC(CO)C(OC3OC(CO)C(O)C(O)C3O)C(O)C2O)C(O)C1O)NC(=O)CCCCCCC. The zero-order chi connectivity index (χ0) is 42.8. The number of hydrogen-bond donors (Lipinski definition) is 12. The van der Waals surface area contributed by atoms with E-state index < -0.39 is 124 Å². The van der Waals surface area contributed by atoms with Gasteiger partial charge in [0.25, 0.3) is 0 Å². The molecule has 0 radical (unpaired) electrons. The fourth-order valence-corrected chi connectivity index (χ4v) is 6.89. The minimum atomic E-state index is -1.97. The Morgan fingerprint density at radius 2 is 1.10 bits per heavy atom. The van der Waals surface area contributed by atoms with E-state index in [4.69, 9.17) is 28.4 Å². The molecule has 3 aliphatic heterocycles. The number of hydrogen-bond acceptors (Lipinski definition) is 18. The fraction of sp³-hybridized carbons (Fsp3) is 0.872. The molecule has 3 fully saturated rings. The summed E-state index contributed by atoms with van der Waals surface area (Å²) in [6, 6.07) is -0.977. The van der Waals surface area contributed by atoms with E-state index in [1.165, 1.54) is 0 Å². The van der Waals surface area contributed by atoms with Crippen LogP contribution in [-0.4, -0.2) is 193 Å². The molecule has 12 N–H and O–H groups in total. The Bertz CT molecular complexity index is 1190. The maximum atomic E-state index is 12.9. The third-order valence-corrected chi connectivity index (χ3v) is 10.5. The van der Waals surface area contributed by atoms with Gasteiger partial charge in [-0.05, 0) is 25.7 Å². The topological polar surface area (TPSA) is 307 Å². The van der Waals surface area contributed by atoms with Gasteiger partial charge in [0.1, 0.15) is 73.2 Å². The smallest absolute Gasteiger partial charge is 0.220 e. The van der Waals surface area contributed by atoms with Crippen LogP contribution in [0.4, 0.5) is 0 Å². The summed E-state index contributed by atoms with van der Waals surface area (Å²) in [5.74, 6) is -0.307. The Kier molecular flexibility index (Phi) is 23.2. The highest BCUT2D eigenvalue weighted by molar-refractivity contribution is 5.76. The molecule has 3 aliphatic rings. The maximum absolute atomic E-state index is 12.9. The van der Waals surface area contributed by atoms with Gasteiger partial charge in [0.15, 0.2) is 18.9 Å². The van der Waals surface area contributed by atoms with Crippen molar-refractivity contribution in [2.45, 2.75) is 189 Å². The third kappa shape index (κ3) is 14.7. The van der Waals surface area contributed by atoms with Crippen molar-refractivity contribution in [2.75, 3.05) is 26.4 Å². The number of allylic oxidation sites excluding steroid dienone is 3. The van der Waals surface area contributed by atoms with Crippen LogP contribution in [0.25, 0.3) is 0 Å². The number of nitrogens with one attached hydrogen (secondary N) is 1. The number of aliphatic hydroxyl groups excluding tert-OH is 11. The van der Waals surface area contributed by atoms with E-state index in [0.717, 1.165) is 51.4 Å². The van der Waals surface area contributed by atoms with E-state index in [-0.39, 0.29) is 18.9 Å². The summed E-state index contributed by atoms with van der Waals surface area (Å²) in [4.78, 5) is 12.9. The molecular weight excluding hydrogens is 770 g/mol. The summed E-state index contributed by atoms with van der Waals surface area (Å²) in [5, 5.41) is 118. The molecule has 3 saturated heterocycles. The molecule has 0 aliphatic carbocycles. The van der Waals surface area contributed by atoms with Crippen LogP contribution in [0.3, 0.4) is 0 Å². The summed E-state index contributed by atoms with van der Waals surface area (Å²) in [5.41, 5.74) is 0. The number of carbonyl (C=O) groups excluding carboxylic acids is 1. The van der Waals surface area contributed by atoms with Crippen LogP contribution in [0.2, 0.25) is 0 Å². The lowest BCUT2D eigenvalue weighted by molar-refractivity contribution is -0.379. The summed E-state index contributed by atoms with van der Waals surface area (Å²) in [6.07, 6.45) is -9.77. The molecular formula is C39H69NO18. The minimum absolute atomic E-state index is 0.230. The first-order valence-corrected chi connectivity index (χ1v) is 20.6. The van der Waals surface area contributed by atoms with Crippen molar-refractivity contribution < 1.29 is 89.4 Å². The molecule has 0 aromatic carbocycles. The quantitative estimate of drug-likeness (QED) is 0.0341. The second kappa shape index (κ2) is 26.6. The Labute approximate surface area is 339 Å². The van der Waals surface area contributed by atoms with Crippen molar-refractivity contribution in [3.63, 3.8) is 0 Å². The van der Waals surface area contributed by atoms with Gasteiger partial charge < -0.3 is 89.9 Å². The Balaban J connectivity index is 1.64. The van der Waals surface area contributed by atoms with Gasteiger partial charge in [-0.15, -0.1) is 0 Å². The summed E-state index contributed by atoms with van der Waals surface area (Å²) < 4.78 is 33.7. The fourth-order valence-electron chi connectivity index (χ4n) is 6.89. The first-order valence-electron chi connectivity index (χ1n) is 20.6. The Hall–Kier alpha value is -1.73. The monoisotopic (exact) mass is 839 g/mol. The highest BCUT2D eigenvalue weighted by Gasteiger charge is 2.53. The molecule has 17 atom stereocenters. The van der Waals surface area contributed by atoms with Crippen molar-refractivity contribution in [1.29, 1.82) is 0 Å². The summed E-state index contributed by atoms with van der Waals surface area (Å²) in [7, 11) is 0. The normalized spacial score (nSPS) is 37.0. The first-order chi connectivity index (χ1) is 27.8. The predicted molar refractivity (Wildman–Crippen MR) is 203 cm³/mol. The van der Waals surface area contributed by atoms with Gasteiger partial charge in [-0.1, -0.05) is 76.7 Å². The highest BCUT2D eigenvalue weighted by atomic mass is 16.8. The lowest BCUT2D eigenvalue weighted by Gasteiger charge is -2.48. The van der Waals surface area contributed by atoms with Crippen LogP contribution >= 0.6 is 0 Å². The summed E-state index contributed by atoms with van der Waals surface area (Å²) in [6.45, 7) is 1.42. The van der Waals surface area contributed by atoms with E-state index in [0.29, 0.717) is 12.8 Å². The number of carbonyl (C=O) groups is 1. The van der Waals surface area contributed by atoms with Gasteiger partial charge >= 0.3 is 0 Å². The molecule has 0 aromatic rings. The van der Waals surface area contributed by atoms with Gasteiger partial charge in [-0.25, -0.2) is 0 Å². The van der Waals surface area contributed by atoms with Gasteiger partial charge in [0.2, 0.25) is 5.91 Å². The average Bonchev–Trinajstić information content (AvgIpc) is 3.21. The molecule has 0 aromatic heterocycles. The van der Waals surface area contributed by atoms with Crippen LogP contribution in [0.5, 0.6) is 0 Å². The maximum Gasteiger partial charge on any atom is 0.220 e. The summed E-state index contributed by atoms with van der Waals surface area (Å²) >= 11 is 0. The number of aliphatic hydroxyl groups is 11. The molecule has 1 amide bonds. The molecule has 3 rings (SSSR count). The van der Waals surface area contributed by atoms with Gasteiger partial charge in [-0.3, -0.25) is 4.79 Å². The zero-order valence-corrected chi connectivity index (χ0v) is 33.5. The number of rotatable bonds is 25. The molecule has 0 bridgehead atoms. The minimum Gasteiger partial charge on any atom is -0.394 e. The lowest BCUT2D eigenvalue weighted by Crippen LogP contribution is -2.66. The first kappa shape index (κ1) is 50.6. The average molecular weight is 840 g/mol. The van der Waals surface area contributed by atoms with Crippen LogP contribution in [-0.2, 0) is 33.2 Å². The van der Waals surface area contributed by atoms with Gasteiger partial charge in [0.05, 0.1) is 38.6 Å². The van der Waals surface area contributed by atoms with E-state index in [9.17, 15) is 61.0 Å². The van der Waals surface area contributed by atoms with Crippen molar-refractivity contribution >= 4 is 5.91 Å². The van der Waals surface area contributed by atoms with Crippen molar-refractivity contribution in [2.24, 2.45) is 0 Å². The van der Waals surface area contributed by atoms with Crippen molar-refractivity contribution in [3.05, 3.63) is 24.3 Å². The zero-order valence-electron chi connectivity index (χ0n) is 33.5. The molecule has 19 nitrogen and oxygen atoms in total.